The molecule has 0 saturated carbocycles. The molecule has 2 heterocycles. The number of ether oxygens (including phenoxy) is 2. The molecule has 0 bridgehead atoms. The molecule has 2 fully saturated rings. The molecule has 0 amide bonds. The van der Waals surface area contributed by atoms with Crippen LogP contribution in [0.1, 0.15) is 39.5 Å². The first-order chi connectivity index (χ1) is 12.3. The van der Waals surface area contributed by atoms with Gasteiger partial charge >= 0.3 is 0 Å². The van der Waals surface area contributed by atoms with Crippen molar-refractivity contribution in [1.29, 1.82) is 0 Å². The molecule has 0 aromatic carbocycles. The van der Waals surface area contributed by atoms with Gasteiger partial charge in [-0.15, -0.1) is 0 Å². The van der Waals surface area contributed by atoms with Crippen LogP contribution >= 0.6 is 0 Å². The first-order valence-corrected chi connectivity index (χ1v) is 10.1. The van der Waals surface area contributed by atoms with Crippen LogP contribution in [0.15, 0.2) is 4.99 Å². The highest BCUT2D eigenvalue weighted by molar-refractivity contribution is 5.80. The van der Waals surface area contributed by atoms with Crippen molar-refractivity contribution < 1.29 is 9.47 Å². The topological polar surface area (TPSA) is 49.3 Å². The summed E-state index contributed by atoms with van der Waals surface area (Å²) in [6, 6.07) is 0.590. The molecule has 0 radical (unpaired) electrons. The van der Waals surface area contributed by atoms with E-state index in [2.05, 4.69) is 29.0 Å². The lowest BCUT2D eigenvalue weighted by Gasteiger charge is -2.27. The zero-order valence-electron chi connectivity index (χ0n) is 16.5. The van der Waals surface area contributed by atoms with E-state index in [1.165, 1.54) is 38.8 Å². The summed E-state index contributed by atoms with van der Waals surface area (Å²) in [4.78, 5) is 10.0. The quantitative estimate of drug-likeness (QED) is 0.368. The molecule has 2 aliphatic heterocycles. The molecule has 1 N–H and O–H groups in total. The van der Waals surface area contributed by atoms with Crippen LogP contribution in [-0.2, 0) is 9.47 Å². The largest absolute Gasteiger partial charge is 0.382 e. The fourth-order valence-corrected chi connectivity index (χ4v) is 3.78. The minimum absolute atomic E-state index is 0.590. The number of methoxy groups -OCH3 is 1. The van der Waals surface area contributed by atoms with Crippen molar-refractivity contribution in [1.82, 2.24) is 15.1 Å². The predicted molar refractivity (Wildman–Crippen MR) is 103 cm³/mol. The van der Waals surface area contributed by atoms with Crippen molar-refractivity contribution in [3.05, 3.63) is 0 Å². The van der Waals surface area contributed by atoms with E-state index in [-0.39, 0.29) is 0 Å². The molecule has 146 valence electrons. The Labute approximate surface area is 153 Å². The van der Waals surface area contributed by atoms with E-state index in [4.69, 9.17) is 14.5 Å². The maximum atomic E-state index is 5.71. The van der Waals surface area contributed by atoms with Gasteiger partial charge in [-0.05, 0) is 45.7 Å². The highest BCUT2D eigenvalue weighted by atomic mass is 16.5. The summed E-state index contributed by atoms with van der Waals surface area (Å²) in [7, 11) is 1.71. The Morgan fingerprint density at radius 3 is 2.68 bits per heavy atom. The van der Waals surface area contributed by atoms with Crippen LogP contribution in [0, 0.1) is 5.92 Å². The van der Waals surface area contributed by atoms with Crippen LogP contribution in [0.5, 0.6) is 0 Å². The molecule has 0 aromatic heterocycles. The molecule has 2 saturated heterocycles. The highest BCUT2D eigenvalue weighted by Crippen LogP contribution is 2.18. The van der Waals surface area contributed by atoms with Crippen molar-refractivity contribution in [2.75, 3.05) is 66.2 Å². The van der Waals surface area contributed by atoms with E-state index < -0.39 is 0 Å². The molecule has 0 aromatic rings. The number of rotatable bonds is 10. The number of aliphatic imine (C=N–C) groups is 1. The minimum Gasteiger partial charge on any atom is -0.382 e. The van der Waals surface area contributed by atoms with Gasteiger partial charge in [-0.25, -0.2) is 0 Å². The number of hydrogen-bond donors (Lipinski definition) is 1. The fourth-order valence-electron chi connectivity index (χ4n) is 3.78. The lowest BCUT2D eigenvalue weighted by molar-refractivity contribution is 0.0536. The molecular formula is C19H38N4O2. The molecule has 6 nitrogen and oxygen atoms in total. The average Bonchev–Trinajstić information content (AvgIpc) is 3.30. The molecule has 2 aliphatic rings. The van der Waals surface area contributed by atoms with E-state index in [1.807, 2.05) is 0 Å². The van der Waals surface area contributed by atoms with Crippen LogP contribution in [0.3, 0.4) is 0 Å². The first-order valence-electron chi connectivity index (χ1n) is 10.1. The summed E-state index contributed by atoms with van der Waals surface area (Å²) in [6.45, 7) is 13.1. The maximum absolute atomic E-state index is 5.71. The van der Waals surface area contributed by atoms with Gasteiger partial charge in [0, 0.05) is 38.7 Å². The minimum atomic E-state index is 0.590. The van der Waals surface area contributed by atoms with Crippen LogP contribution < -0.4 is 5.32 Å². The maximum Gasteiger partial charge on any atom is 0.193 e. The fraction of sp³-hybridized carbons (Fsp3) is 0.947. The molecular weight excluding hydrogens is 316 g/mol. The molecule has 0 aliphatic carbocycles. The number of nitrogens with one attached hydrogen (secondary N) is 1. The molecule has 2 unspecified atom stereocenters. The summed E-state index contributed by atoms with van der Waals surface area (Å²) < 4.78 is 10.7. The SMILES string of the molecule is CCNC(=NCC(CC)N1CCCC1)N1CCC(COCCOC)C1. The van der Waals surface area contributed by atoms with E-state index in [0.29, 0.717) is 25.2 Å². The van der Waals surface area contributed by atoms with E-state index in [0.717, 1.165) is 38.7 Å². The summed E-state index contributed by atoms with van der Waals surface area (Å²) in [5.74, 6) is 1.68. The normalized spacial score (nSPS) is 23.4. The van der Waals surface area contributed by atoms with Crippen LogP contribution in [0.4, 0.5) is 0 Å². The lowest BCUT2D eigenvalue weighted by Crippen LogP contribution is -2.42. The molecule has 25 heavy (non-hydrogen) atoms. The standard InChI is InChI=1S/C19H38N4O2/c1-4-18(22-9-6-7-10-22)14-21-19(20-5-2)23-11-8-17(15-23)16-25-13-12-24-3/h17-18H,4-16H2,1-3H3,(H,20,21). The van der Waals surface area contributed by atoms with Crippen molar-refractivity contribution in [3.63, 3.8) is 0 Å². The van der Waals surface area contributed by atoms with Gasteiger partial charge in [0.05, 0.1) is 26.4 Å². The Hall–Kier alpha value is -0.850. The summed E-state index contributed by atoms with van der Waals surface area (Å²) >= 11 is 0. The summed E-state index contributed by atoms with van der Waals surface area (Å²) in [6.07, 6.45) is 5.05. The van der Waals surface area contributed by atoms with Crippen molar-refractivity contribution in [2.24, 2.45) is 10.9 Å². The Kier molecular flexibility index (Phi) is 9.58. The van der Waals surface area contributed by atoms with Crippen LogP contribution in [0.2, 0.25) is 0 Å². The molecule has 2 atom stereocenters. The third-order valence-electron chi connectivity index (χ3n) is 5.29. The zero-order chi connectivity index (χ0) is 17.9. The van der Waals surface area contributed by atoms with Gasteiger partial charge in [0.25, 0.3) is 0 Å². The second-order valence-electron chi connectivity index (χ2n) is 7.17. The smallest absolute Gasteiger partial charge is 0.193 e. The second-order valence-corrected chi connectivity index (χ2v) is 7.17. The van der Waals surface area contributed by atoms with Crippen molar-refractivity contribution in [2.45, 2.75) is 45.6 Å². The average molecular weight is 355 g/mol. The zero-order valence-corrected chi connectivity index (χ0v) is 16.5. The molecule has 6 heteroatoms. The third-order valence-corrected chi connectivity index (χ3v) is 5.29. The van der Waals surface area contributed by atoms with Crippen molar-refractivity contribution >= 4 is 5.96 Å². The monoisotopic (exact) mass is 354 g/mol. The van der Waals surface area contributed by atoms with Gasteiger partial charge < -0.3 is 19.7 Å². The Morgan fingerprint density at radius 2 is 2.00 bits per heavy atom. The summed E-state index contributed by atoms with van der Waals surface area (Å²) in [5, 5.41) is 3.49. The predicted octanol–water partition coefficient (Wildman–Crippen LogP) is 1.81. The van der Waals surface area contributed by atoms with Crippen LogP contribution in [0.25, 0.3) is 0 Å². The first kappa shape index (κ1) is 20.5. The van der Waals surface area contributed by atoms with E-state index in [1.54, 1.807) is 7.11 Å². The van der Waals surface area contributed by atoms with Crippen molar-refractivity contribution in [3.8, 4) is 0 Å². The number of nitrogens with zero attached hydrogens (tertiary/aromatic N) is 3. The number of guanidine groups is 1. The van der Waals surface area contributed by atoms with Gasteiger partial charge in [-0.3, -0.25) is 9.89 Å². The Bertz CT molecular complexity index is 386. The third kappa shape index (κ3) is 6.76. The van der Waals surface area contributed by atoms with E-state index >= 15 is 0 Å². The highest BCUT2D eigenvalue weighted by Gasteiger charge is 2.26. The van der Waals surface area contributed by atoms with Gasteiger partial charge in [0.1, 0.15) is 0 Å². The molecule has 0 spiro atoms. The number of hydrogen-bond acceptors (Lipinski definition) is 4. The van der Waals surface area contributed by atoms with E-state index in [9.17, 15) is 0 Å². The van der Waals surface area contributed by atoms with Gasteiger partial charge in [-0.1, -0.05) is 6.92 Å². The van der Waals surface area contributed by atoms with Crippen LogP contribution in [-0.4, -0.2) is 88.0 Å². The Morgan fingerprint density at radius 1 is 1.20 bits per heavy atom. The second kappa shape index (κ2) is 11.7. The Balaban J connectivity index is 1.82. The van der Waals surface area contributed by atoms with Gasteiger partial charge in [0.15, 0.2) is 5.96 Å². The van der Waals surface area contributed by atoms with Gasteiger partial charge in [0.2, 0.25) is 0 Å². The van der Waals surface area contributed by atoms with Gasteiger partial charge in [-0.2, -0.15) is 0 Å². The molecule has 2 rings (SSSR count). The lowest BCUT2D eigenvalue weighted by atomic mass is 10.1. The number of likely N-dealkylation sites (tertiary alicyclic amines) is 2. The summed E-state index contributed by atoms with van der Waals surface area (Å²) in [5.41, 5.74) is 0.